The van der Waals surface area contributed by atoms with E-state index >= 15 is 0 Å². The van der Waals surface area contributed by atoms with Crippen LogP contribution in [0.5, 0.6) is 0 Å². The zero-order valence-electron chi connectivity index (χ0n) is 12.6. The lowest BCUT2D eigenvalue weighted by atomic mass is 9.80. The second kappa shape index (κ2) is 5.64. The fourth-order valence-electron chi connectivity index (χ4n) is 3.77. The number of nitrogens with zero attached hydrogens (tertiary/aromatic N) is 1. The molecular weight excluding hydrogens is 284 g/mol. The van der Waals surface area contributed by atoms with E-state index in [1.165, 1.54) is 0 Å². The molecule has 3 saturated heterocycles. The first-order valence-corrected chi connectivity index (χ1v) is 8.01. The van der Waals surface area contributed by atoms with Gasteiger partial charge in [0.25, 0.3) is 0 Å². The van der Waals surface area contributed by atoms with Crippen molar-refractivity contribution in [2.24, 2.45) is 11.3 Å². The molecule has 7 heteroatoms. The van der Waals surface area contributed by atoms with Gasteiger partial charge in [0, 0.05) is 49.9 Å². The highest BCUT2D eigenvalue weighted by molar-refractivity contribution is 5.95. The smallest absolute Gasteiger partial charge is 0.235 e. The molecule has 4 heterocycles. The molecule has 3 fully saturated rings. The van der Waals surface area contributed by atoms with Crippen molar-refractivity contribution in [3.05, 3.63) is 11.8 Å². The fourth-order valence-corrected chi connectivity index (χ4v) is 3.77. The first kappa shape index (κ1) is 14.2. The maximum absolute atomic E-state index is 12.7. The molecule has 1 aromatic rings. The standard InChI is InChI=1S/C15H22N4O3/c20-14(15-8-16-6-11(15)7-22-9-15)17-13-5-12(18-19-13)10-1-3-21-4-2-10/h5,10-11,16H,1-4,6-9H2,(H2,17,18,19,20)/t11-,15-/m0/s1. The van der Waals surface area contributed by atoms with Crippen molar-refractivity contribution in [2.45, 2.75) is 18.8 Å². The normalized spacial score (nSPS) is 32.1. The van der Waals surface area contributed by atoms with Crippen LogP contribution in [-0.2, 0) is 14.3 Å². The Kier molecular flexibility index (Phi) is 3.63. The van der Waals surface area contributed by atoms with Crippen LogP contribution in [0.15, 0.2) is 6.07 Å². The van der Waals surface area contributed by atoms with Gasteiger partial charge in [0.05, 0.1) is 18.6 Å². The molecule has 0 aliphatic carbocycles. The van der Waals surface area contributed by atoms with E-state index in [1.54, 1.807) is 0 Å². The molecule has 4 rings (SSSR count). The summed E-state index contributed by atoms with van der Waals surface area (Å²) in [5.74, 6) is 1.34. The Morgan fingerprint density at radius 3 is 3.09 bits per heavy atom. The zero-order valence-corrected chi connectivity index (χ0v) is 12.6. The van der Waals surface area contributed by atoms with Crippen LogP contribution in [0.1, 0.15) is 24.5 Å². The first-order valence-electron chi connectivity index (χ1n) is 8.01. The van der Waals surface area contributed by atoms with Crippen molar-refractivity contribution in [1.82, 2.24) is 15.5 Å². The largest absolute Gasteiger partial charge is 0.381 e. The van der Waals surface area contributed by atoms with Gasteiger partial charge < -0.3 is 20.1 Å². The topological polar surface area (TPSA) is 88.3 Å². The van der Waals surface area contributed by atoms with Crippen molar-refractivity contribution in [3.8, 4) is 0 Å². The summed E-state index contributed by atoms with van der Waals surface area (Å²) >= 11 is 0. The van der Waals surface area contributed by atoms with E-state index in [-0.39, 0.29) is 11.8 Å². The SMILES string of the molecule is O=C(Nc1cc(C2CCOCC2)[nH]n1)[C@]12CNC[C@H]1COC2. The predicted octanol–water partition coefficient (Wildman–Crippen LogP) is 0.478. The fraction of sp³-hybridized carbons (Fsp3) is 0.733. The Balaban J connectivity index is 1.45. The molecule has 3 N–H and O–H groups in total. The van der Waals surface area contributed by atoms with Gasteiger partial charge in [0.2, 0.25) is 5.91 Å². The summed E-state index contributed by atoms with van der Waals surface area (Å²) in [6.07, 6.45) is 2.00. The van der Waals surface area contributed by atoms with Gasteiger partial charge in [0.15, 0.2) is 5.82 Å². The monoisotopic (exact) mass is 306 g/mol. The van der Waals surface area contributed by atoms with Gasteiger partial charge in [0.1, 0.15) is 0 Å². The number of carbonyl (C=O) groups excluding carboxylic acids is 1. The van der Waals surface area contributed by atoms with Crippen molar-refractivity contribution in [3.63, 3.8) is 0 Å². The van der Waals surface area contributed by atoms with Crippen LogP contribution >= 0.6 is 0 Å². The molecule has 2 atom stereocenters. The van der Waals surface area contributed by atoms with Crippen molar-refractivity contribution >= 4 is 11.7 Å². The lowest BCUT2D eigenvalue weighted by Crippen LogP contribution is -2.42. The molecule has 22 heavy (non-hydrogen) atoms. The number of rotatable bonds is 3. The van der Waals surface area contributed by atoms with E-state index in [1.807, 2.05) is 6.07 Å². The van der Waals surface area contributed by atoms with E-state index in [4.69, 9.17) is 9.47 Å². The van der Waals surface area contributed by atoms with E-state index in [9.17, 15) is 4.79 Å². The van der Waals surface area contributed by atoms with Crippen LogP contribution in [0, 0.1) is 11.3 Å². The molecule has 0 bridgehead atoms. The van der Waals surface area contributed by atoms with Crippen LogP contribution in [-0.4, -0.2) is 55.6 Å². The average Bonchev–Trinajstić information content (AvgIpc) is 3.23. The lowest BCUT2D eigenvalue weighted by molar-refractivity contribution is -0.125. The average molecular weight is 306 g/mol. The van der Waals surface area contributed by atoms with Gasteiger partial charge in [-0.2, -0.15) is 5.10 Å². The van der Waals surface area contributed by atoms with Crippen molar-refractivity contribution in [1.29, 1.82) is 0 Å². The number of carbonyl (C=O) groups is 1. The maximum atomic E-state index is 12.7. The van der Waals surface area contributed by atoms with Gasteiger partial charge in [-0.3, -0.25) is 9.89 Å². The molecule has 7 nitrogen and oxygen atoms in total. The highest BCUT2D eigenvalue weighted by Gasteiger charge is 2.53. The molecule has 120 valence electrons. The van der Waals surface area contributed by atoms with Crippen LogP contribution in [0.4, 0.5) is 5.82 Å². The quantitative estimate of drug-likeness (QED) is 0.756. The maximum Gasteiger partial charge on any atom is 0.235 e. The van der Waals surface area contributed by atoms with Gasteiger partial charge in [-0.15, -0.1) is 0 Å². The van der Waals surface area contributed by atoms with E-state index in [0.717, 1.165) is 38.3 Å². The number of fused-ring (bicyclic) bond motifs is 1. The van der Waals surface area contributed by atoms with E-state index in [2.05, 4.69) is 20.8 Å². The Bertz CT molecular complexity index is 543. The third kappa shape index (κ3) is 2.33. The van der Waals surface area contributed by atoms with Crippen molar-refractivity contribution in [2.75, 3.05) is 44.8 Å². The predicted molar refractivity (Wildman–Crippen MR) is 79.6 cm³/mol. The van der Waals surface area contributed by atoms with Gasteiger partial charge >= 0.3 is 0 Å². The summed E-state index contributed by atoms with van der Waals surface area (Å²) in [6.45, 7) is 4.27. The Hall–Kier alpha value is -1.44. The lowest BCUT2D eigenvalue weighted by Gasteiger charge is -2.24. The van der Waals surface area contributed by atoms with Crippen LogP contribution in [0.3, 0.4) is 0 Å². The second-order valence-electron chi connectivity index (χ2n) is 6.55. The number of H-pyrrole nitrogens is 1. The number of hydrogen-bond acceptors (Lipinski definition) is 5. The van der Waals surface area contributed by atoms with Crippen LogP contribution in [0.25, 0.3) is 0 Å². The molecule has 0 spiro atoms. The third-order valence-corrected chi connectivity index (χ3v) is 5.24. The molecule has 3 aliphatic heterocycles. The molecule has 1 aromatic heterocycles. The molecular formula is C15H22N4O3. The number of ether oxygens (including phenoxy) is 2. The molecule has 0 radical (unpaired) electrons. The summed E-state index contributed by atoms with van der Waals surface area (Å²) in [5.41, 5.74) is 0.650. The number of nitrogens with one attached hydrogen (secondary N) is 3. The summed E-state index contributed by atoms with van der Waals surface area (Å²) in [7, 11) is 0. The minimum Gasteiger partial charge on any atom is -0.381 e. The van der Waals surface area contributed by atoms with Gasteiger partial charge in [-0.05, 0) is 12.8 Å². The molecule has 0 saturated carbocycles. The highest BCUT2D eigenvalue weighted by atomic mass is 16.5. The Labute approximate surface area is 129 Å². The summed E-state index contributed by atoms with van der Waals surface area (Å²) in [6, 6.07) is 1.96. The third-order valence-electron chi connectivity index (χ3n) is 5.24. The number of amides is 1. The molecule has 0 aromatic carbocycles. The van der Waals surface area contributed by atoms with Crippen LogP contribution < -0.4 is 10.6 Å². The van der Waals surface area contributed by atoms with Gasteiger partial charge in [-0.25, -0.2) is 0 Å². The summed E-state index contributed by atoms with van der Waals surface area (Å²) in [5, 5.41) is 13.6. The van der Waals surface area contributed by atoms with Crippen molar-refractivity contribution < 1.29 is 14.3 Å². The van der Waals surface area contributed by atoms with E-state index in [0.29, 0.717) is 31.5 Å². The molecule has 0 unspecified atom stereocenters. The highest BCUT2D eigenvalue weighted by Crippen LogP contribution is 2.38. The van der Waals surface area contributed by atoms with Gasteiger partial charge in [-0.1, -0.05) is 0 Å². The minimum absolute atomic E-state index is 0.0185. The number of aromatic amines is 1. The number of anilines is 1. The summed E-state index contributed by atoms with van der Waals surface area (Å²) < 4.78 is 10.9. The molecule has 1 amide bonds. The van der Waals surface area contributed by atoms with E-state index < -0.39 is 5.41 Å². The Morgan fingerprint density at radius 2 is 2.23 bits per heavy atom. The number of aromatic nitrogens is 2. The summed E-state index contributed by atoms with van der Waals surface area (Å²) in [4.78, 5) is 12.7. The Morgan fingerprint density at radius 1 is 1.36 bits per heavy atom. The first-order chi connectivity index (χ1) is 10.8. The minimum atomic E-state index is -0.433. The zero-order chi connectivity index (χ0) is 15.0. The van der Waals surface area contributed by atoms with Crippen LogP contribution in [0.2, 0.25) is 0 Å². The molecule has 3 aliphatic rings. The second-order valence-corrected chi connectivity index (χ2v) is 6.55. The number of hydrogen-bond donors (Lipinski definition) is 3.